The van der Waals surface area contributed by atoms with E-state index in [0.717, 1.165) is 11.1 Å². The van der Waals surface area contributed by atoms with E-state index in [4.69, 9.17) is 9.47 Å². The van der Waals surface area contributed by atoms with Gasteiger partial charge in [-0.3, -0.25) is 19.4 Å². The normalized spacial score (nSPS) is 28.6. The van der Waals surface area contributed by atoms with E-state index in [9.17, 15) is 14.4 Å². The first-order valence-corrected chi connectivity index (χ1v) is 10.9. The molecule has 4 rings (SSSR count). The molecule has 0 N–H and O–H groups in total. The third-order valence-corrected chi connectivity index (χ3v) is 6.55. The summed E-state index contributed by atoms with van der Waals surface area (Å²) in [6.45, 7) is 4.54. The Balaban J connectivity index is 1.86. The lowest BCUT2D eigenvalue weighted by atomic mass is 9.89. The number of nitrogens with zero attached hydrogens (tertiary/aromatic N) is 2. The van der Waals surface area contributed by atoms with Gasteiger partial charge in [-0.15, -0.1) is 0 Å². The highest BCUT2D eigenvalue weighted by atomic mass is 16.6. The van der Waals surface area contributed by atoms with E-state index in [-0.39, 0.29) is 0 Å². The molecule has 7 heteroatoms. The maximum Gasteiger partial charge on any atom is 0.411 e. The van der Waals surface area contributed by atoms with Crippen molar-refractivity contribution in [1.82, 2.24) is 9.80 Å². The summed E-state index contributed by atoms with van der Waals surface area (Å²) in [4.78, 5) is 41.2. The Morgan fingerprint density at radius 1 is 0.970 bits per heavy atom. The van der Waals surface area contributed by atoms with Crippen LogP contribution in [-0.2, 0) is 19.1 Å². The largest absolute Gasteiger partial charge is 0.439 e. The van der Waals surface area contributed by atoms with Crippen molar-refractivity contribution in [3.05, 3.63) is 83.9 Å². The molecule has 0 bridgehead atoms. The predicted molar refractivity (Wildman–Crippen MR) is 122 cm³/mol. The maximum atomic E-state index is 13.5. The fourth-order valence-corrected chi connectivity index (χ4v) is 4.99. The Morgan fingerprint density at radius 2 is 1.52 bits per heavy atom. The molecule has 1 heterocycles. The molecule has 2 aromatic carbocycles. The van der Waals surface area contributed by atoms with Gasteiger partial charge in [0.15, 0.2) is 6.10 Å². The van der Waals surface area contributed by atoms with Gasteiger partial charge in [-0.25, -0.2) is 4.79 Å². The first-order valence-electron chi connectivity index (χ1n) is 10.9. The summed E-state index contributed by atoms with van der Waals surface area (Å²) in [5.41, 5.74) is 0.808. The molecule has 2 aromatic rings. The Morgan fingerprint density at radius 3 is 2.03 bits per heavy atom. The van der Waals surface area contributed by atoms with Gasteiger partial charge in [-0.1, -0.05) is 72.8 Å². The average molecular weight is 449 g/mol. The van der Waals surface area contributed by atoms with E-state index in [1.807, 2.05) is 73.7 Å². The maximum absolute atomic E-state index is 13.5. The fraction of sp³-hybridized carbons (Fsp3) is 0.346. The highest BCUT2D eigenvalue weighted by Crippen LogP contribution is 2.48. The van der Waals surface area contributed by atoms with E-state index in [1.165, 1.54) is 18.7 Å². The van der Waals surface area contributed by atoms with Crippen LogP contribution in [0.1, 0.15) is 44.0 Å². The van der Waals surface area contributed by atoms with E-state index >= 15 is 0 Å². The number of methoxy groups -OCH3 is 1. The Bertz CT molecular complexity index is 1060. The lowest BCUT2D eigenvalue weighted by Gasteiger charge is -2.43. The number of hydrogen-bond acceptors (Lipinski definition) is 5. The van der Waals surface area contributed by atoms with E-state index in [2.05, 4.69) is 0 Å². The number of hydrogen-bond donors (Lipinski definition) is 0. The van der Waals surface area contributed by atoms with Crippen LogP contribution in [0.15, 0.2) is 72.8 Å². The molecular weight excluding hydrogens is 420 g/mol. The van der Waals surface area contributed by atoms with Gasteiger partial charge in [-0.05, 0) is 18.1 Å². The molecule has 0 aromatic heterocycles. The van der Waals surface area contributed by atoms with Crippen molar-refractivity contribution in [2.45, 2.75) is 50.6 Å². The highest BCUT2D eigenvalue weighted by molar-refractivity contribution is 5.94. The standard InChI is InChI=1S/C26H28N2O5/c1-17(29)27(18(2)30)21-15-16-26(3,32-4)24(21)28-22(19-11-7-5-8-12-19)23(33-25(28)31)20-13-9-6-10-14-20/h5-16,21-24H,1-4H3/t21-,22+,23-,24+,26+/m0/s1. The number of ether oxygens (including phenoxy) is 2. The summed E-state index contributed by atoms with van der Waals surface area (Å²) in [6, 6.07) is 17.3. The van der Waals surface area contributed by atoms with Gasteiger partial charge in [0.05, 0.1) is 12.1 Å². The monoisotopic (exact) mass is 448 g/mol. The van der Waals surface area contributed by atoms with Gasteiger partial charge in [0.25, 0.3) is 0 Å². The molecule has 0 radical (unpaired) electrons. The van der Waals surface area contributed by atoms with Crippen LogP contribution in [0.25, 0.3) is 0 Å². The van der Waals surface area contributed by atoms with E-state index < -0.39 is 47.7 Å². The fourth-order valence-electron chi connectivity index (χ4n) is 4.99. The van der Waals surface area contributed by atoms with Crippen molar-refractivity contribution in [3.8, 4) is 0 Å². The number of carbonyl (C=O) groups excluding carboxylic acids is 3. The summed E-state index contributed by atoms with van der Waals surface area (Å²) in [6.07, 6.45) is 2.49. The minimum Gasteiger partial charge on any atom is -0.439 e. The number of imide groups is 1. The SMILES string of the molecule is CO[C@]1(C)C=C[C@H](N(C(C)=O)C(C)=O)[C@H]1N1C(=O)O[C@@H](c2ccccc2)[C@H]1c1ccccc1. The van der Waals surface area contributed by atoms with Crippen molar-refractivity contribution in [2.24, 2.45) is 0 Å². The zero-order chi connectivity index (χ0) is 23.8. The molecule has 0 saturated carbocycles. The van der Waals surface area contributed by atoms with Crippen molar-refractivity contribution in [1.29, 1.82) is 0 Å². The highest BCUT2D eigenvalue weighted by Gasteiger charge is 2.57. The second kappa shape index (κ2) is 8.83. The second-order valence-corrected chi connectivity index (χ2v) is 8.57. The molecule has 0 spiro atoms. The minimum atomic E-state index is -0.939. The molecule has 33 heavy (non-hydrogen) atoms. The van der Waals surface area contributed by atoms with Crippen molar-refractivity contribution in [2.75, 3.05) is 7.11 Å². The second-order valence-electron chi connectivity index (χ2n) is 8.57. The van der Waals surface area contributed by atoms with Gasteiger partial charge in [0, 0.05) is 21.0 Å². The van der Waals surface area contributed by atoms with Crippen LogP contribution in [0.3, 0.4) is 0 Å². The molecule has 5 atom stereocenters. The molecule has 7 nitrogen and oxygen atoms in total. The first-order chi connectivity index (χ1) is 15.8. The summed E-state index contributed by atoms with van der Waals surface area (Å²) < 4.78 is 11.8. The number of rotatable bonds is 5. The number of cyclic esters (lactones) is 1. The molecule has 1 aliphatic carbocycles. The van der Waals surface area contributed by atoms with Crippen LogP contribution in [0, 0.1) is 0 Å². The molecule has 1 saturated heterocycles. The quantitative estimate of drug-likeness (QED) is 0.646. The van der Waals surface area contributed by atoms with E-state index in [1.54, 1.807) is 18.1 Å². The molecular formula is C26H28N2O5. The molecule has 1 aliphatic heterocycles. The third kappa shape index (κ3) is 3.93. The predicted octanol–water partition coefficient (Wildman–Crippen LogP) is 4.03. The number of amides is 3. The van der Waals surface area contributed by atoms with Crippen molar-refractivity contribution < 1.29 is 23.9 Å². The van der Waals surface area contributed by atoms with Gasteiger partial charge in [0.1, 0.15) is 11.6 Å². The summed E-state index contributed by atoms with van der Waals surface area (Å²) >= 11 is 0. The Labute approximate surface area is 193 Å². The Hall–Kier alpha value is -3.45. The van der Waals surface area contributed by atoms with Gasteiger partial charge >= 0.3 is 6.09 Å². The lowest BCUT2D eigenvalue weighted by molar-refractivity contribution is -0.146. The van der Waals surface area contributed by atoms with Crippen LogP contribution in [-0.4, -0.2) is 52.5 Å². The number of benzene rings is 2. The van der Waals surface area contributed by atoms with Crippen LogP contribution >= 0.6 is 0 Å². The van der Waals surface area contributed by atoms with Crippen molar-refractivity contribution in [3.63, 3.8) is 0 Å². The lowest BCUT2D eigenvalue weighted by Crippen LogP contribution is -2.60. The van der Waals surface area contributed by atoms with Crippen LogP contribution in [0.2, 0.25) is 0 Å². The average Bonchev–Trinajstić information content (AvgIpc) is 3.31. The van der Waals surface area contributed by atoms with Gasteiger partial charge in [-0.2, -0.15) is 0 Å². The van der Waals surface area contributed by atoms with Gasteiger partial charge in [0.2, 0.25) is 11.8 Å². The summed E-state index contributed by atoms with van der Waals surface area (Å²) in [7, 11) is 1.55. The van der Waals surface area contributed by atoms with Crippen LogP contribution in [0.4, 0.5) is 4.79 Å². The Kier molecular flexibility index (Phi) is 6.08. The zero-order valence-corrected chi connectivity index (χ0v) is 19.2. The first kappa shape index (κ1) is 22.7. The third-order valence-electron chi connectivity index (χ3n) is 6.55. The molecule has 0 unspecified atom stereocenters. The molecule has 3 amide bonds. The molecule has 172 valence electrons. The summed E-state index contributed by atoms with van der Waals surface area (Å²) in [5.74, 6) is -0.795. The van der Waals surface area contributed by atoms with Crippen LogP contribution in [0.5, 0.6) is 0 Å². The summed E-state index contributed by atoms with van der Waals surface area (Å²) in [5, 5.41) is 0. The van der Waals surface area contributed by atoms with Crippen LogP contribution < -0.4 is 0 Å². The van der Waals surface area contributed by atoms with E-state index in [0.29, 0.717) is 0 Å². The smallest absolute Gasteiger partial charge is 0.411 e. The molecule has 2 aliphatic rings. The van der Waals surface area contributed by atoms with Crippen molar-refractivity contribution >= 4 is 17.9 Å². The minimum absolute atomic E-state index is 0.397. The topological polar surface area (TPSA) is 76.2 Å². The number of carbonyl (C=O) groups is 3. The van der Waals surface area contributed by atoms with Gasteiger partial charge < -0.3 is 9.47 Å². The molecule has 1 fully saturated rings. The zero-order valence-electron chi connectivity index (χ0n) is 19.2.